The fourth-order valence-corrected chi connectivity index (χ4v) is 2.48. The molecule has 4 nitrogen and oxygen atoms in total. The summed E-state index contributed by atoms with van der Waals surface area (Å²) < 4.78 is 0.886. The SMILES string of the molecule is CCNC(=O)CN(CC)c1ccc([C@H](C)O)cc1Br. The number of nitrogens with one attached hydrogen (secondary N) is 1. The summed E-state index contributed by atoms with van der Waals surface area (Å²) in [5.41, 5.74) is 1.81. The summed E-state index contributed by atoms with van der Waals surface area (Å²) in [5.74, 6) is 0.0100. The molecule has 0 heterocycles. The van der Waals surface area contributed by atoms with Crippen molar-refractivity contribution in [2.24, 2.45) is 0 Å². The van der Waals surface area contributed by atoms with E-state index in [9.17, 15) is 9.90 Å². The van der Waals surface area contributed by atoms with Crippen molar-refractivity contribution in [3.05, 3.63) is 28.2 Å². The predicted octanol–water partition coefficient (Wildman–Crippen LogP) is 2.46. The Labute approximate surface area is 122 Å². The Morgan fingerprint density at radius 1 is 1.47 bits per heavy atom. The van der Waals surface area contributed by atoms with Gasteiger partial charge in [0.05, 0.1) is 18.3 Å². The van der Waals surface area contributed by atoms with Crippen LogP contribution in [0.25, 0.3) is 0 Å². The number of hydrogen-bond donors (Lipinski definition) is 2. The second kappa shape index (κ2) is 7.50. The summed E-state index contributed by atoms with van der Waals surface area (Å²) >= 11 is 3.50. The van der Waals surface area contributed by atoms with E-state index in [1.807, 2.05) is 36.9 Å². The highest BCUT2D eigenvalue weighted by Gasteiger charge is 2.13. The summed E-state index contributed by atoms with van der Waals surface area (Å²) in [4.78, 5) is 13.7. The van der Waals surface area contributed by atoms with Crippen LogP contribution in [0.4, 0.5) is 5.69 Å². The third kappa shape index (κ3) is 4.51. The molecule has 0 saturated heterocycles. The lowest BCUT2D eigenvalue weighted by Gasteiger charge is -2.24. The lowest BCUT2D eigenvalue weighted by Crippen LogP contribution is -2.37. The van der Waals surface area contributed by atoms with Crippen LogP contribution in [0, 0.1) is 0 Å². The maximum absolute atomic E-state index is 11.7. The smallest absolute Gasteiger partial charge is 0.239 e. The normalized spacial score (nSPS) is 12.1. The largest absolute Gasteiger partial charge is 0.389 e. The van der Waals surface area contributed by atoms with Crippen LogP contribution in [0.5, 0.6) is 0 Å². The molecule has 0 bridgehead atoms. The number of halogens is 1. The Bertz CT molecular complexity index is 435. The number of likely N-dealkylation sites (N-methyl/N-ethyl adjacent to an activating group) is 2. The Balaban J connectivity index is 2.89. The molecule has 5 heteroatoms. The number of aliphatic hydroxyl groups excluding tert-OH is 1. The minimum absolute atomic E-state index is 0.0100. The van der Waals surface area contributed by atoms with Gasteiger partial charge in [0.1, 0.15) is 0 Å². The predicted molar refractivity (Wildman–Crippen MR) is 81.3 cm³/mol. The van der Waals surface area contributed by atoms with Crippen molar-refractivity contribution < 1.29 is 9.90 Å². The van der Waals surface area contributed by atoms with Crippen LogP contribution >= 0.6 is 15.9 Å². The van der Waals surface area contributed by atoms with Gasteiger partial charge in [-0.2, -0.15) is 0 Å². The Kier molecular flexibility index (Phi) is 6.31. The van der Waals surface area contributed by atoms with E-state index >= 15 is 0 Å². The van der Waals surface area contributed by atoms with E-state index in [1.54, 1.807) is 6.92 Å². The van der Waals surface area contributed by atoms with Gasteiger partial charge < -0.3 is 15.3 Å². The van der Waals surface area contributed by atoms with Crippen molar-refractivity contribution >= 4 is 27.5 Å². The van der Waals surface area contributed by atoms with Crippen LogP contribution in [0.2, 0.25) is 0 Å². The highest BCUT2D eigenvalue weighted by Crippen LogP contribution is 2.29. The van der Waals surface area contributed by atoms with Crippen LogP contribution in [0.3, 0.4) is 0 Å². The number of anilines is 1. The molecule has 0 aromatic heterocycles. The van der Waals surface area contributed by atoms with Crippen LogP contribution in [0.1, 0.15) is 32.4 Å². The fourth-order valence-electron chi connectivity index (χ4n) is 1.83. The van der Waals surface area contributed by atoms with Crippen molar-refractivity contribution in [3.63, 3.8) is 0 Å². The minimum Gasteiger partial charge on any atom is -0.389 e. The molecule has 0 aliphatic carbocycles. The number of carbonyl (C=O) groups is 1. The number of nitrogens with zero attached hydrogens (tertiary/aromatic N) is 1. The number of benzene rings is 1. The van der Waals surface area contributed by atoms with E-state index in [0.717, 1.165) is 22.3 Å². The highest BCUT2D eigenvalue weighted by atomic mass is 79.9. The van der Waals surface area contributed by atoms with Gasteiger partial charge in [-0.05, 0) is 54.4 Å². The molecule has 1 aromatic rings. The van der Waals surface area contributed by atoms with Gasteiger partial charge in [0.2, 0.25) is 5.91 Å². The monoisotopic (exact) mass is 328 g/mol. The van der Waals surface area contributed by atoms with Gasteiger partial charge in [0.15, 0.2) is 0 Å². The summed E-state index contributed by atoms with van der Waals surface area (Å²) in [7, 11) is 0. The highest BCUT2D eigenvalue weighted by molar-refractivity contribution is 9.10. The number of hydrogen-bond acceptors (Lipinski definition) is 3. The van der Waals surface area contributed by atoms with E-state index < -0.39 is 6.10 Å². The maximum atomic E-state index is 11.7. The first kappa shape index (κ1) is 16.0. The second-order valence-electron chi connectivity index (χ2n) is 4.35. The van der Waals surface area contributed by atoms with Gasteiger partial charge in [0.25, 0.3) is 0 Å². The van der Waals surface area contributed by atoms with E-state index in [1.165, 1.54) is 0 Å². The Morgan fingerprint density at radius 3 is 2.63 bits per heavy atom. The van der Waals surface area contributed by atoms with Crippen molar-refractivity contribution in [2.45, 2.75) is 26.9 Å². The average Bonchev–Trinajstić information content (AvgIpc) is 2.36. The van der Waals surface area contributed by atoms with E-state index in [4.69, 9.17) is 0 Å². The zero-order chi connectivity index (χ0) is 14.4. The first-order valence-electron chi connectivity index (χ1n) is 6.48. The molecule has 1 atom stereocenters. The van der Waals surface area contributed by atoms with Crippen LogP contribution in [0.15, 0.2) is 22.7 Å². The molecule has 106 valence electrons. The third-order valence-corrected chi connectivity index (χ3v) is 3.52. The van der Waals surface area contributed by atoms with Crippen molar-refractivity contribution in [1.29, 1.82) is 0 Å². The number of amides is 1. The fraction of sp³-hybridized carbons (Fsp3) is 0.500. The molecule has 0 spiro atoms. The molecule has 19 heavy (non-hydrogen) atoms. The zero-order valence-electron chi connectivity index (χ0n) is 11.6. The molecule has 0 radical (unpaired) electrons. The van der Waals surface area contributed by atoms with Crippen molar-refractivity contribution in [2.75, 3.05) is 24.5 Å². The second-order valence-corrected chi connectivity index (χ2v) is 5.21. The van der Waals surface area contributed by atoms with Gasteiger partial charge in [-0.25, -0.2) is 0 Å². The molecule has 0 unspecified atom stereocenters. The Morgan fingerprint density at radius 2 is 2.16 bits per heavy atom. The minimum atomic E-state index is -0.496. The van der Waals surface area contributed by atoms with Crippen LogP contribution in [-0.2, 0) is 4.79 Å². The van der Waals surface area contributed by atoms with Gasteiger partial charge >= 0.3 is 0 Å². The van der Waals surface area contributed by atoms with Gasteiger partial charge in [-0.1, -0.05) is 6.07 Å². The number of aliphatic hydroxyl groups is 1. The first-order valence-corrected chi connectivity index (χ1v) is 7.28. The number of carbonyl (C=O) groups excluding carboxylic acids is 1. The summed E-state index contributed by atoms with van der Waals surface area (Å²) in [6.07, 6.45) is -0.496. The molecule has 1 rings (SSSR count). The molecule has 0 aliphatic rings. The van der Waals surface area contributed by atoms with E-state index in [2.05, 4.69) is 21.2 Å². The standard InChI is InChI=1S/C14H21BrN2O2/c1-4-16-14(19)9-17(5-2)13-7-6-11(10(3)18)8-12(13)15/h6-8,10,18H,4-5,9H2,1-3H3,(H,16,19)/t10-/m0/s1. The Hall–Kier alpha value is -1.07. The topological polar surface area (TPSA) is 52.6 Å². The molecule has 0 saturated carbocycles. The van der Waals surface area contributed by atoms with Gasteiger partial charge in [-0.3, -0.25) is 4.79 Å². The molecule has 0 aliphatic heterocycles. The summed E-state index contributed by atoms with van der Waals surface area (Å²) in [6, 6.07) is 5.69. The van der Waals surface area contributed by atoms with Crippen molar-refractivity contribution in [3.8, 4) is 0 Å². The van der Waals surface area contributed by atoms with Gasteiger partial charge in [0, 0.05) is 17.6 Å². The van der Waals surface area contributed by atoms with Gasteiger partial charge in [-0.15, -0.1) is 0 Å². The average molecular weight is 329 g/mol. The van der Waals surface area contributed by atoms with Crippen molar-refractivity contribution in [1.82, 2.24) is 5.32 Å². The first-order chi connectivity index (χ1) is 8.99. The van der Waals surface area contributed by atoms with E-state index in [0.29, 0.717) is 13.1 Å². The molecular formula is C14H21BrN2O2. The lowest BCUT2D eigenvalue weighted by molar-refractivity contribution is -0.119. The molecular weight excluding hydrogens is 308 g/mol. The van der Waals surface area contributed by atoms with E-state index in [-0.39, 0.29) is 5.91 Å². The van der Waals surface area contributed by atoms with Crippen LogP contribution < -0.4 is 10.2 Å². The maximum Gasteiger partial charge on any atom is 0.239 e. The quantitative estimate of drug-likeness (QED) is 0.843. The third-order valence-electron chi connectivity index (χ3n) is 2.88. The number of rotatable bonds is 6. The zero-order valence-corrected chi connectivity index (χ0v) is 13.2. The summed E-state index contributed by atoms with van der Waals surface area (Å²) in [5, 5.41) is 12.3. The molecule has 0 fully saturated rings. The molecule has 2 N–H and O–H groups in total. The molecule has 1 aromatic carbocycles. The summed E-state index contributed by atoms with van der Waals surface area (Å²) in [6.45, 7) is 7.35. The van der Waals surface area contributed by atoms with Crippen LogP contribution in [-0.4, -0.2) is 30.6 Å². The molecule has 1 amide bonds. The lowest BCUT2D eigenvalue weighted by atomic mass is 10.1.